The molecule has 2 aromatic heterocycles. The van der Waals surface area contributed by atoms with E-state index in [0.717, 1.165) is 17.7 Å². The lowest BCUT2D eigenvalue weighted by Crippen LogP contribution is -2.09. The Morgan fingerprint density at radius 1 is 0.943 bits per heavy atom. The van der Waals surface area contributed by atoms with Gasteiger partial charge in [0.15, 0.2) is 5.65 Å². The summed E-state index contributed by atoms with van der Waals surface area (Å²) >= 11 is 12.3. The van der Waals surface area contributed by atoms with Crippen molar-refractivity contribution in [2.24, 2.45) is 0 Å². The minimum Gasteiger partial charge on any atom is -0.497 e. The predicted octanol–water partition coefficient (Wildman–Crippen LogP) is 6.03. The van der Waals surface area contributed by atoms with E-state index in [1.807, 2.05) is 54.6 Å². The lowest BCUT2D eigenvalue weighted by Gasteiger charge is -2.09. The number of nitrogens with two attached hydrogens (primary N) is 1. The van der Waals surface area contributed by atoms with E-state index in [9.17, 15) is 0 Å². The number of halogens is 2. The molecule has 0 aliphatic carbocycles. The third kappa shape index (κ3) is 4.73. The zero-order valence-electron chi connectivity index (χ0n) is 18.9. The Balaban J connectivity index is 1.52. The number of fused-ring (bicyclic) bond motifs is 1. The molecule has 0 unspecified atom stereocenters. The fraction of sp³-hybridized carbons (Fsp3) is 0.115. The molecule has 3 N–H and O–H groups in total. The van der Waals surface area contributed by atoms with Crippen LogP contribution in [0.3, 0.4) is 0 Å². The molecule has 2 heterocycles. The van der Waals surface area contributed by atoms with Crippen molar-refractivity contribution in [2.45, 2.75) is 6.42 Å². The molecular formula is C26H22Cl2N6O. The minimum atomic E-state index is 0.415. The molecule has 0 atom stereocenters. The number of nitrogen functional groups attached to an aromatic ring is 1. The third-order valence-corrected chi connectivity index (χ3v) is 6.36. The Labute approximate surface area is 212 Å². The van der Waals surface area contributed by atoms with Crippen LogP contribution in [0, 0.1) is 0 Å². The first-order valence-electron chi connectivity index (χ1n) is 11.0. The van der Waals surface area contributed by atoms with Crippen molar-refractivity contribution >= 4 is 46.0 Å². The second-order valence-corrected chi connectivity index (χ2v) is 8.70. The number of hydrogen-bond donors (Lipinski definition) is 2. The van der Waals surface area contributed by atoms with E-state index in [-0.39, 0.29) is 0 Å². The summed E-state index contributed by atoms with van der Waals surface area (Å²) in [6.45, 7) is 0.648. The highest BCUT2D eigenvalue weighted by atomic mass is 35.5. The number of hydrogen-bond acceptors (Lipinski definition) is 6. The van der Waals surface area contributed by atoms with Gasteiger partial charge in [0.2, 0.25) is 5.95 Å². The molecule has 0 aliphatic rings. The second-order valence-electron chi connectivity index (χ2n) is 7.88. The third-order valence-electron chi connectivity index (χ3n) is 5.62. The van der Waals surface area contributed by atoms with Crippen LogP contribution in [0.2, 0.25) is 10.0 Å². The average Bonchev–Trinajstić information content (AvgIpc) is 3.22. The summed E-state index contributed by atoms with van der Waals surface area (Å²) in [6, 6.07) is 23.1. The highest BCUT2D eigenvalue weighted by Gasteiger charge is 2.19. The molecule has 9 heteroatoms. The molecule has 0 spiro atoms. The fourth-order valence-electron chi connectivity index (χ4n) is 3.82. The number of benzene rings is 3. The molecule has 0 saturated carbocycles. The Morgan fingerprint density at radius 3 is 2.43 bits per heavy atom. The number of rotatable bonds is 7. The lowest BCUT2D eigenvalue weighted by molar-refractivity contribution is 0.414. The molecule has 0 bridgehead atoms. The van der Waals surface area contributed by atoms with E-state index in [1.165, 1.54) is 5.56 Å². The lowest BCUT2D eigenvalue weighted by atomic mass is 10.1. The van der Waals surface area contributed by atoms with Gasteiger partial charge in [-0.3, -0.25) is 0 Å². The van der Waals surface area contributed by atoms with Gasteiger partial charge in [-0.25, -0.2) is 9.67 Å². The van der Waals surface area contributed by atoms with Gasteiger partial charge in [0, 0.05) is 12.1 Å². The topological polar surface area (TPSA) is 90.9 Å². The first-order valence-corrected chi connectivity index (χ1v) is 11.7. The van der Waals surface area contributed by atoms with Crippen LogP contribution in [-0.4, -0.2) is 33.4 Å². The average molecular weight is 505 g/mol. The Hall–Kier alpha value is -3.81. The van der Waals surface area contributed by atoms with E-state index in [2.05, 4.69) is 15.4 Å². The standard InChI is InChI=1S/C26H22Cl2N6O/c1-35-19-10-7-16(8-11-19)13-14-30-26-31-23(17-5-3-2-4-6-17)22-24(29)34(33-25(22)32-26)18-9-12-20(27)21(28)15-18/h2-12,15H,13-14,29H2,1H3,(H,30,32,33). The van der Waals surface area contributed by atoms with Gasteiger partial charge in [-0.1, -0.05) is 65.7 Å². The van der Waals surface area contributed by atoms with Crippen LogP contribution in [0.15, 0.2) is 72.8 Å². The maximum absolute atomic E-state index is 6.56. The van der Waals surface area contributed by atoms with Crippen LogP contribution in [0.4, 0.5) is 11.8 Å². The SMILES string of the molecule is COc1ccc(CCNc2nc(-c3ccccc3)c3c(N)n(-c4ccc(Cl)c(Cl)c4)nc3n2)cc1. The summed E-state index contributed by atoms with van der Waals surface area (Å²) in [7, 11) is 1.66. The molecule has 0 aliphatic heterocycles. The van der Waals surface area contributed by atoms with Gasteiger partial charge >= 0.3 is 0 Å². The van der Waals surface area contributed by atoms with E-state index < -0.39 is 0 Å². The van der Waals surface area contributed by atoms with Gasteiger partial charge in [-0.05, 0) is 42.3 Å². The summed E-state index contributed by atoms with van der Waals surface area (Å²) in [5.74, 6) is 1.73. The number of aromatic nitrogens is 4. The first-order chi connectivity index (χ1) is 17.0. The molecule has 176 valence electrons. The summed E-state index contributed by atoms with van der Waals surface area (Å²) in [4.78, 5) is 9.46. The summed E-state index contributed by atoms with van der Waals surface area (Å²) in [5, 5.41) is 9.54. The molecule has 5 aromatic rings. The van der Waals surface area contributed by atoms with E-state index >= 15 is 0 Å². The normalized spacial score (nSPS) is 11.1. The van der Waals surface area contributed by atoms with Crippen molar-refractivity contribution in [3.05, 3.63) is 88.4 Å². The predicted molar refractivity (Wildman–Crippen MR) is 142 cm³/mol. The summed E-state index contributed by atoms with van der Waals surface area (Å²) in [6.07, 6.45) is 0.798. The van der Waals surface area contributed by atoms with Crippen molar-refractivity contribution in [3.63, 3.8) is 0 Å². The monoisotopic (exact) mass is 504 g/mol. The molecule has 7 nitrogen and oxygen atoms in total. The molecule has 0 radical (unpaired) electrons. The number of nitrogens with zero attached hydrogens (tertiary/aromatic N) is 4. The molecule has 0 amide bonds. The van der Waals surface area contributed by atoms with Crippen LogP contribution in [0.25, 0.3) is 28.0 Å². The maximum Gasteiger partial charge on any atom is 0.225 e. The Bertz CT molecular complexity index is 1490. The van der Waals surface area contributed by atoms with Gasteiger partial charge in [-0.2, -0.15) is 4.98 Å². The summed E-state index contributed by atoms with van der Waals surface area (Å²) in [5.41, 5.74) is 10.5. The highest BCUT2D eigenvalue weighted by molar-refractivity contribution is 6.42. The smallest absolute Gasteiger partial charge is 0.225 e. The van der Waals surface area contributed by atoms with Crippen molar-refractivity contribution in [1.29, 1.82) is 0 Å². The second kappa shape index (κ2) is 9.82. The summed E-state index contributed by atoms with van der Waals surface area (Å²) < 4.78 is 6.83. The zero-order valence-corrected chi connectivity index (χ0v) is 20.4. The minimum absolute atomic E-state index is 0.415. The molecule has 0 fully saturated rings. The fourth-order valence-corrected chi connectivity index (χ4v) is 4.11. The first kappa shape index (κ1) is 23.0. The van der Waals surface area contributed by atoms with E-state index in [1.54, 1.807) is 30.0 Å². The number of anilines is 2. The Kier molecular flexibility index (Phi) is 6.44. The number of methoxy groups -OCH3 is 1. The molecule has 5 rings (SSSR count). The quantitative estimate of drug-likeness (QED) is 0.281. The molecule has 35 heavy (non-hydrogen) atoms. The molecular weight excluding hydrogens is 483 g/mol. The van der Waals surface area contributed by atoms with Crippen LogP contribution in [0.5, 0.6) is 5.75 Å². The zero-order chi connectivity index (χ0) is 24.4. The van der Waals surface area contributed by atoms with Gasteiger partial charge in [0.1, 0.15) is 11.6 Å². The van der Waals surface area contributed by atoms with Gasteiger partial charge in [-0.15, -0.1) is 5.10 Å². The maximum atomic E-state index is 6.56. The van der Waals surface area contributed by atoms with Gasteiger partial charge in [0.05, 0.1) is 33.9 Å². The number of nitrogens with one attached hydrogen (secondary N) is 1. The van der Waals surface area contributed by atoms with Crippen LogP contribution < -0.4 is 15.8 Å². The molecule has 0 saturated heterocycles. The van der Waals surface area contributed by atoms with Gasteiger partial charge in [0.25, 0.3) is 0 Å². The van der Waals surface area contributed by atoms with Crippen molar-refractivity contribution < 1.29 is 4.74 Å². The Morgan fingerprint density at radius 2 is 1.71 bits per heavy atom. The van der Waals surface area contributed by atoms with Crippen molar-refractivity contribution in [3.8, 4) is 22.7 Å². The van der Waals surface area contributed by atoms with Crippen LogP contribution >= 0.6 is 23.2 Å². The van der Waals surface area contributed by atoms with E-state index in [0.29, 0.717) is 50.8 Å². The molecule has 3 aromatic carbocycles. The highest BCUT2D eigenvalue weighted by Crippen LogP contribution is 2.34. The van der Waals surface area contributed by atoms with Gasteiger partial charge < -0.3 is 15.8 Å². The van der Waals surface area contributed by atoms with Crippen molar-refractivity contribution in [2.75, 3.05) is 24.7 Å². The number of ether oxygens (including phenoxy) is 1. The van der Waals surface area contributed by atoms with E-state index in [4.69, 9.17) is 38.7 Å². The van der Waals surface area contributed by atoms with Crippen LogP contribution in [-0.2, 0) is 6.42 Å². The largest absolute Gasteiger partial charge is 0.497 e. The van der Waals surface area contributed by atoms with Crippen molar-refractivity contribution in [1.82, 2.24) is 19.7 Å². The van der Waals surface area contributed by atoms with Crippen LogP contribution in [0.1, 0.15) is 5.56 Å².